The van der Waals surface area contributed by atoms with Crippen LogP contribution < -0.4 is 0 Å². The highest BCUT2D eigenvalue weighted by atomic mass is 31.1. The van der Waals surface area contributed by atoms with Gasteiger partial charge < -0.3 is 0 Å². The van der Waals surface area contributed by atoms with Crippen molar-refractivity contribution >= 4 is 19.1 Å². The van der Waals surface area contributed by atoms with E-state index in [1.807, 2.05) is 58.0 Å². The number of rotatable bonds is 8. The summed E-state index contributed by atoms with van der Waals surface area (Å²) in [5, 5.41) is 0. The van der Waals surface area contributed by atoms with E-state index in [2.05, 4.69) is 20.8 Å². The van der Waals surface area contributed by atoms with Crippen molar-refractivity contribution in [1.82, 2.24) is 0 Å². The first kappa shape index (κ1) is 24.2. The van der Waals surface area contributed by atoms with Crippen molar-refractivity contribution in [2.75, 3.05) is 6.16 Å². The van der Waals surface area contributed by atoms with Gasteiger partial charge in [0.2, 0.25) is 0 Å². The largest absolute Gasteiger partial charge is 0.420 e. The molecule has 0 aromatic heterocycles. The van der Waals surface area contributed by atoms with Gasteiger partial charge in [-0.2, -0.15) is 0 Å². The van der Waals surface area contributed by atoms with Crippen LogP contribution in [0.25, 0.3) is 0 Å². The summed E-state index contributed by atoms with van der Waals surface area (Å²) in [6, 6.07) is 9.95. The van der Waals surface area contributed by atoms with E-state index in [9.17, 15) is 14.2 Å². The average Bonchev–Trinajstić information content (AvgIpc) is 2.69. The molecule has 0 radical (unpaired) electrons. The lowest BCUT2D eigenvalue weighted by molar-refractivity contribution is 0.0987. The van der Waals surface area contributed by atoms with Crippen LogP contribution in [0.15, 0.2) is 30.3 Å². The normalized spacial score (nSPS) is 12.0. The Morgan fingerprint density at radius 2 is 1.40 bits per heavy atom. The molecule has 0 N–H and O–H groups in total. The summed E-state index contributed by atoms with van der Waals surface area (Å²) < 4.78 is 12.8. The summed E-state index contributed by atoms with van der Waals surface area (Å²) in [5.41, 5.74) is 5.83. The summed E-state index contributed by atoms with van der Waals surface area (Å²) in [7, 11) is -2.15. The number of carbonyl (C=O) groups excluding carboxylic acids is 2. The van der Waals surface area contributed by atoms with Gasteiger partial charge in [-0.3, -0.25) is 4.79 Å². The van der Waals surface area contributed by atoms with Crippen molar-refractivity contribution in [2.24, 2.45) is 0 Å². The Kier molecular flexibility index (Phi) is 7.88. The van der Waals surface area contributed by atoms with Crippen LogP contribution in [0, 0.1) is 13.8 Å². The third-order valence-corrected chi connectivity index (χ3v) is 6.97. The van der Waals surface area contributed by atoms with E-state index in [1.165, 1.54) is 0 Å². The first-order valence-electron chi connectivity index (χ1n) is 10.8. The lowest BCUT2D eigenvalue weighted by Gasteiger charge is -2.21. The fourth-order valence-electron chi connectivity index (χ4n) is 3.89. The Morgan fingerprint density at radius 1 is 0.900 bits per heavy atom. The fraction of sp³-hybridized carbons (Fsp3) is 0.462. The molecule has 4 heteroatoms. The van der Waals surface area contributed by atoms with Gasteiger partial charge in [0.15, 0.2) is 11.9 Å². The molecule has 0 aliphatic heterocycles. The SMILES string of the molecule is CCc1cccc(CC)c1C(=O)CC[P+](=O)C(=O)c1c(C)cc(C(C)(C)C)cc1C. The van der Waals surface area contributed by atoms with Crippen LogP contribution in [-0.2, 0) is 22.8 Å². The lowest BCUT2D eigenvalue weighted by Crippen LogP contribution is -2.14. The molecule has 2 aromatic carbocycles. The minimum absolute atomic E-state index is 0.0167. The van der Waals surface area contributed by atoms with E-state index < -0.39 is 7.80 Å². The van der Waals surface area contributed by atoms with Crippen molar-refractivity contribution in [3.05, 3.63) is 69.3 Å². The Hall–Kier alpha value is -2.12. The molecule has 160 valence electrons. The zero-order valence-electron chi connectivity index (χ0n) is 19.4. The van der Waals surface area contributed by atoms with Gasteiger partial charge in [0.05, 0.1) is 12.0 Å². The Balaban J connectivity index is 2.20. The van der Waals surface area contributed by atoms with E-state index in [0.29, 0.717) is 5.56 Å². The van der Waals surface area contributed by atoms with Crippen LogP contribution in [0.4, 0.5) is 0 Å². The molecule has 0 amide bonds. The second-order valence-corrected chi connectivity index (χ2v) is 10.6. The van der Waals surface area contributed by atoms with Crippen molar-refractivity contribution < 1.29 is 14.2 Å². The van der Waals surface area contributed by atoms with Gasteiger partial charge in [-0.15, -0.1) is 0 Å². The smallest absolute Gasteiger partial charge is 0.294 e. The first-order valence-corrected chi connectivity index (χ1v) is 12.2. The van der Waals surface area contributed by atoms with Gasteiger partial charge in [-0.1, -0.05) is 69.5 Å². The molecule has 0 heterocycles. The van der Waals surface area contributed by atoms with Crippen LogP contribution >= 0.6 is 7.80 Å². The molecule has 0 aliphatic carbocycles. The Labute approximate surface area is 182 Å². The number of aryl methyl sites for hydroxylation is 4. The van der Waals surface area contributed by atoms with E-state index in [-0.39, 0.29) is 29.3 Å². The molecule has 0 spiro atoms. The number of carbonyl (C=O) groups is 2. The molecule has 1 atom stereocenters. The second kappa shape index (κ2) is 9.79. The summed E-state index contributed by atoms with van der Waals surface area (Å²) in [6.45, 7) is 14.3. The maximum Gasteiger partial charge on any atom is 0.420 e. The highest BCUT2D eigenvalue weighted by Gasteiger charge is 2.34. The van der Waals surface area contributed by atoms with Crippen molar-refractivity contribution in [3.63, 3.8) is 0 Å². The van der Waals surface area contributed by atoms with Crippen LogP contribution in [0.2, 0.25) is 0 Å². The summed E-state index contributed by atoms with van der Waals surface area (Å²) in [6.07, 6.45) is 1.77. The summed E-state index contributed by atoms with van der Waals surface area (Å²) >= 11 is 0. The molecule has 0 fully saturated rings. The summed E-state index contributed by atoms with van der Waals surface area (Å²) in [4.78, 5) is 25.9. The first-order chi connectivity index (χ1) is 14.0. The molecule has 30 heavy (non-hydrogen) atoms. The second-order valence-electron chi connectivity index (χ2n) is 8.97. The van der Waals surface area contributed by atoms with Crippen LogP contribution in [0.1, 0.15) is 89.6 Å². The predicted octanol–water partition coefficient (Wildman–Crippen LogP) is 6.97. The van der Waals surface area contributed by atoms with Gasteiger partial charge in [0.1, 0.15) is 0 Å². The molecular formula is C26H34O3P+. The molecule has 0 saturated heterocycles. The standard InChI is InChI=1S/C26H34O3P/c1-8-19-11-10-12-20(9-2)24(19)22(27)13-14-30(29)25(28)23-17(3)15-21(16-18(23)4)26(5,6)7/h10-12,15-16H,8-9,13-14H2,1-7H3/q+1. The molecule has 0 aliphatic rings. The predicted molar refractivity (Wildman–Crippen MR) is 126 cm³/mol. The van der Waals surface area contributed by atoms with E-state index in [0.717, 1.165) is 46.2 Å². The molecule has 0 saturated carbocycles. The van der Waals surface area contributed by atoms with Crippen LogP contribution in [0.5, 0.6) is 0 Å². The molecular weight excluding hydrogens is 391 g/mol. The Morgan fingerprint density at radius 3 is 1.83 bits per heavy atom. The average molecular weight is 426 g/mol. The molecule has 0 bridgehead atoms. The minimum Gasteiger partial charge on any atom is -0.294 e. The zero-order chi connectivity index (χ0) is 22.6. The number of benzene rings is 2. The number of hydrogen-bond acceptors (Lipinski definition) is 3. The topological polar surface area (TPSA) is 51.2 Å². The quantitative estimate of drug-likeness (QED) is 0.339. The molecule has 1 unspecified atom stereocenters. The number of ketones is 1. The lowest BCUT2D eigenvalue weighted by atomic mass is 9.84. The van der Waals surface area contributed by atoms with Crippen molar-refractivity contribution in [1.29, 1.82) is 0 Å². The minimum atomic E-state index is -2.15. The monoisotopic (exact) mass is 425 g/mol. The maximum absolute atomic E-state index is 12.9. The van der Waals surface area contributed by atoms with E-state index in [4.69, 9.17) is 0 Å². The zero-order valence-corrected chi connectivity index (χ0v) is 20.3. The fourth-order valence-corrected chi connectivity index (χ4v) is 5.10. The molecule has 3 nitrogen and oxygen atoms in total. The van der Waals surface area contributed by atoms with Gasteiger partial charge in [-0.05, 0) is 59.9 Å². The van der Waals surface area contributed by atoms with Gasteiger partial charge >= 0.3 is 13.3 Å². The number of Topliss-reactive ketones (excluding diaryl/α,β-unsaturated/α-hetero) is 1. The van der Waals surface area contributed by atoms with Gasteiger partial charge in [0.25, 0.3) is 0 Å². The molecule has 2 aromatic rings. The van der Waals surface area contributed by atoms with Crippen LogP contribution in [-0.4, -0.2) is 17.5 Å². The summed E-state index contributed by atoms with van der Waals surface area (Å²) in [5.74, 6) is -0.0167. The van der Waals surface area contributed by atoms with E-state index in [1.54, 1.807) is 0 Å². The third kappa shape index (κ3) is 5.32. The highest BCUT2D eigenvalue weighted by molar-refractivity contribution is 7.64. The van der Waals surface area contributed by atoms with Crippen molar-refractivity contribution in [3.8, 4) is 0 Å². The highest BCUT2D eigenvalue weighted by Crippen LogP contribution is 2.34. The van der Waals surface area contributed by atoms with Crippen molar-refractivity contribution in [2.45, 2.75) is 73.1 Å². The maximum atomic E-state index is 12.9. The number of hydrogen-bond donors (Lipinski definition) is 0. The Bertz CT molecular complexity index is 935. The van der Waals surface area contributed by atoms with Gasteiger partial charge in [0, 0.05) is 5.56 Å². The van der Waals surface area contributed by atoms with Gasteiger partial charge in [-0.25, -0.2) is 4.79 Å². The molecule has 2 rings (SSSR count). The third-order valence-electron chi connectivity index (χ3n) is 5.66. The van der Waals surface area contributed by atoms with Crippen LogP contribution in [0.3, 0.4) is 0 Å². The van der Waals surface area contributed by atoms with E-state index >= 15 is 0 Å².